The highest BCUT2D eigenvalue weighted by Gasteiger charge is 2.32. The molecule has 0 saturated heterocycles. The second kappa shape index (κ2) is 23.0. The normalized spacial score (nSPS) is 13.8. The third-order valence-corrected chi connectivity index (χ3v) is 9.54. The van der Waals surface area contributed by atoms with Crippen LogP contribution in [-0.2, 0) is 34.6 Å². The molecule has 3 N–H and O–H groups in total. The fourth-order valence-corrected chi connectivity index (χ4v) is 6.48. The van der Waals surface area contributed by atoms with Crippen molar-refractivity contribution in [2.24, 2.45) is 5.92 Å². The molecule has 0 bridgehead atoms. The van der Waals surface area contributed by atoms with Crippen LogP contribution in [0.4, 0.5) is 0 Å². The van der Waals surface area contributed by atoms with Gasteiger partial charge in [-0.25, -0.2) is 0 Å². The average molecular weight is 737 g/mol. The zero-order valence-corrected chi connectivity index (χ0v) is 34.5. The van der Waals surface area contributed by atoms with Gasteiger partial charge in [-0.2, -0.15) is 0 Å². The van der Waals surface area contributed by atoms with Crippen LogP contribution in [0.25, 0.3) is 0 Å². The molecule has 3 atom stereocenters. The Balaban J connectivity index is 3.02. The highest BCUT2D eigenvalue weighted by atomic mass is 31.2. The van der Waals surface area contributed by atoms with E-state index in [1.54, 1.807) is 19.1 Å². The van der Waals surface area contributed by atoms with Gasteiger partial charge in [0, 0.05) is 26.4 Å². The lowest BCUT2D eigenvalue weighted by Gasteiger charge is -2.30. The lowest BCUT2D eigenvalue weighted by Crippen LogP contribution is -2.58. The predicted octanol–water partition coefficient (Wildman–Crippen LogP) is 7.60. The lowest BCUT2D eigenvalue weighted by atomic mass is 10.0. The monoisotopic (exact) mass is 736 g/mol. The first kappa shape index (κ1) is 46.3. The molecule has 0 radical (unpaired) electrons. The maximum Gasteiger partial charge on any atom is 0.398 e. The van der Waals surface area contributed by atoms with Crippen molar-refractivity contribution in [2.75, 3.05) is 13.1 Å². The molecular weight excluding hydrogens is 667 g/mol. The van der Waals surface area contributed by atoms with Crippen LogP contribution < -0.4 is 20.5 Å². The number of nitrogens with one attached hydrogen (secondary N) is 3. The van der Waals surface area contributed by atoms with Crippen LogP contribution in [0.3, 0.4) is 0 Å². The molecule has 0 aliphatic heterocycles. The van der Waals surface area contributed by atoms with E-state index in [2.05, 4.69) is 29.8 Å². The minimum Gasteiger partial charge on any atom is -0.427 e. The van der Waals surface area contributed by atoms with E-state index in [0.29, 0.717) is 18.8 Å². The SMILES string of the molecule is CCCCCCN(CCCCCC)C(=O)[C@H](C)NC(=O)[C@@H](NC(=O)[C@H](Cc1ccc(OP(OC(C)(C)C)OC(C)(C)C)cc1)NC(C)=O)C(C)C. The lowest BCUT2D eigenvalue weighted by molar-refractivity contribution is -0.137. The molecule has 0 fully saturated rings. The molecule has 0 aliphatic carbocycles. The van der Waals surface area contributed by atoms with Gasteiger partial charge >= 0.3 is 8.60 Å². The van der Waals surface area contributed by atoms with Gasteiger partial charge in [-0.3, -0.25) is 28.2 Å². The van der Waals surface area contributed by atoms with E-state index in [1.807, 2.05) is 72.4 Å². The van der Waals surface area contributed by atoms with Gasteiger partial charge in [-0.15, -0.1) is 0 Å². The molecule has 0 aliphatic rings. The molecule has 11 nitrogen and oxygen atoms in total. The summed E-state index contributed by atoms with van der Waals surface area (Å²) in [5, 5.41) is 8.44. The van der Waals surface area contributed by atoms with Crippen LogP contribution in [0.15, 0.2) is 24.3 Å². The number of nitrogens with zero attached hydrogens (tertiary/aromatic N) is 1. The van der Waals surface area contributed by atoms with E-state index in [9.17, 15) is 19.2 Å². The van der Waals surface area contributed by atoms with Crippen molar-refractivity contribution in [3.8, 4) is 5.75 Å². The molecule has 1 aromatic carbocycles. The minimum atomic E-state index is -1.69. The van der Waals surface area contributed by atoms with Gasteiger partial charge < -0.3 is 25.4 Å². The number of unbranched alkanes of at least 4 members (excludes halogenated alkanes) is 6. The Morgan fingerprint density at radius 1 is 0.725 bits per heavy atom. The maximum absolute atomic E-state index is 13.6. The van der Waals surface area contributed by atoms with Gasteiger partial charge in [0.05, 0.1) is 11.2 Å². The van der Waals surface area contributed by atoms with Crippen molar-refractivity contribution < 1.29 is 32.7 Å². The number of hydrogen-bond donors (Lipinski definition) is 3. The summed E-state index contributed by atoms with van der Waals surface area (Å²) in [6, 6.07) is 4.58. The number of carbonyl (C=O) groups is 4. The predicted molar refractivity (Wildman–Crippen MR) is 206 cm³/mol. The molecule has 292 valence electrons. The van der Waals surface area contributed by atoms with Crippen LogP contribution in [0.1, 0.15) is 140 Å². The molecule has 0 spiro atoms. The van der Waals surface area contributed by atoms with Crippen LogP contribution in [0, 0.1) is 5.92 Å². The van der Waals surface area contributed by atoms with E-state index >= 15 is 0 Å². The second-order valence-corrected chi connectivity index (χ2v) is 16.7. The van der Waals surface area contributed by atoms with E-state index in [0.717, 1.165) is 56.9 Å². The Kier molecular flexibility index (Phi) is 20.9. The van der Waals surface area contributed by atoms with Crippen LogP contribution in [-0.4, -0.2) is 70.9 Å². The summed E-state index contributed by atoms with van der Waals surface area (Å²) in [4.78, 5) is 54.7. The molecule has 1 rings (SSSR count). The van der Waals surface area contributed by atoms with E-state index in [1.165, 1.54) is 6.92 Å². The van der Waals surface area contributed by atoms with Gasteiger partial charge in [0.1, 0.15) is 23.9 Å². The summed E-state index contributed by atoms with van der Waals surface area (Å²) < 4.78 is 18.1. The number of rotatable bonds is 23. The zero-order chi connectivity index (χ0) is 38.8. The molecule has 51 heavy (non-hydrogen) atoms. The second-order valence-electron chi connectivity index (χ2n) is 15.7. The van der Waals surface area contributed by atoms with Crippen LogP contribution in [0.2, 0.25) is 0 Å². The Morgan fingerprint density at radius 3 is 1.67 bits per heavy atom. The third kappa shape index (κ3) is 20.2. The van der Waals surface area contributed by atoms with E-state index in [4.69, 9.17) is 13.6 Å². The largest absolute Gasteiger partial charge is 0.427 e. The van der Waals surface area contributed by atoms with Crippen molar-refractivity contribution in [3.63, 3.8) is 0 Å². The summed E-state index contributed by atoms with van der Waals surface area (Å²) in [5.74, 6) is -1.15. The smallest absolute Gasteiger partial charge is 0.398 e. The highest BCUT2D eigenvalue weighted by molar-refractivity contribution is 7.42. The van der Waals surface area contributed by atoms with Crippen molar-refractivity contribution in [2.45, 2.75) is 170 Å². The Morgan fingerprint density at radius 2 is 1.24 bits per heavy atom. The highest BCUT2D eigenvalue weighted by Crippen LogP contribution is 2.47. The first-order valence-corrected chi connectivity index (χ1v) is 20.0. The molecule has 0 unspecified atom stereocenters. The summed E-state index contributed by atoms with van der Waals surface area (Å²) in [6.07, 6.45) is 8.65. The fourth-order valence-electron chi connectivity index (χ4n) is 5.18. The summed E-state index contributed by atoms with van der Waals surface area (Å²) in [7, 11) is -1.69. The van der Waals surface area contributed by atoms with Crippen molar-refractivity contribution in [1.82, 2.24) is 20.9 Å². The van der Waals surface area contributed by atoms with Crippen molar-refractivity contribution >= 4 is 32.2 Å². The summed E-state index contributed by atoms with van der Waals surface area (Å²) in [5.41, 5.74) is -0.177. The summed E-state index contributed by atoms with van der Waals surface area (Å²) >= 11 is 0. The molecule has 0 heterocycles. The van der Waals surface area contributed by atoms with Gasteiger partial charge in [-0.1, -0.05) is 78.4 Å². The van der Waals surface area contributed by atoms with Gasteiger partial charge in [-0.05, 0) is 84.9 Å². The number of benzene rings is 1. The molecule has 0 saturated carbocycles. The van der Waals surface area contributed by atoms with Crippen LogP contribution >= 0.6 is 8.60 Å². The fraction of sp³-hybridized carbons (Fsp3) is 0.744. The molecule has 12 heteroatoms. The first-order chi connectivity index (χ1) is 23.8. The van der Waals surface area contributed by atoms with Crippen molar-refractivity contribution in [3.05, 3.63) is 29.8 Å². The average Bonchev–Trinajstić information content (AvgIpc) is 3.00. The van der Waals surface area contributed by atoms with E-state index in [-0.39, 0.29) is 24.2 Å². The Bertz CT molecular complexity index is 1170. The molecule has 1 aromatic rings. The first-order valence-electron chi connectivity index (χ1n) is 18.9. The van der Waals surface area contributed by atoms with E-state index < -0.39 is 49.7 Å². The van der Waals surface area contributed by atoms with Gasteiger partial charge in [0.2, 0.25) is 23.6 Å². The standard InChI is InChI=1S/C39H69N4O7P/c1-13-15-17-19-25-43(26-20-18-16-14-2)37(47)29(5)40-36(46)34(28(3)4)42-35(45)33(41-30(6)44)27-31-21-23-32(24-22-31)48-51(49-38(7,8)9)50-39(10,11)12/h21-24,28-29,33-34H,13-20,25-27H2,1-12H3,(H,40,46)(H,41,44)(H,42,45)/t29-,33-,34-/m0/s1. The summed E-state index contributed by atoms with van der Waals surface area (Å²) in [6.45, 7) is 24.0. The topological polar surface area (TPSA) is 135 Å². The molecular formula is C39H69N4O7P. The zero-order valence-electron chi connectivity index (χ0n) is 33.6. The third-order valence-electron chi connectivity index (χ3n) is 7.78. The Labute approximate surface area is 310 Å². The van der Waals surface area contributed by atoms with Crippen molar-refractivity contribution in [1.29, 1.82) is 0 Å². The molecule has 0 aromatic heterocycles. The Hall–Kier alpha value is -2.75. The number of hydrogen-bond acceptors (Lipinski definition) is 7. The van der Waals surface area contributed by atoms with Crippen LogP contribution in [0.5, 0.6) is 5.75 Å². The van der Waals surface area contributed by atoms with Gasteiger partial charge in [0.25, 0.3) is 0 Å². The maximum atomic E-state index is 13.6. The minimum absolute atomic E-state index is 0.115. The number of carbonyl (C=O) groups excluding carboxylic acids is 4. The molecule has 4 amide bonds. The number of amides is 4. The quantitative estimate of drug-likeness (QED) is 0.0778. The van der Waals surface area contributed by atoms with Gasteiger partial charge in [0.15, 0.2) is 0 Å².